The summed E-state index contributed by atoms with van der Waals surface area (Å²) in [6.07, 6.45) is 3.02. The first-order valence-electron chi connectivity index (χ1n) is 8.34. The highest BCUT2D eigenvalue weighted by atomic mass is 32.2. The van der Waals surface area contributed by atoms with Crippen LogP contribution in [-0.2, 0) is 15.0 Å². The third-order valence-electron chi connectivity index (χ3n) is 4.37. The molecule has 0 radical (unpaired) electrons. The molecule has 2 aromatic carbocycles. The fourth-order valence-electron chi connectivity index (χ4n) is 3.01. The third-order valence-corrected chi connectivity index (χ3v) is 5.75. The number of phenolic OH excluding ortho intramolecular Hbond substituents is 1. The Labute approximate surface area is 165 Å². The van der Waals surface area contributed by atoms with Gasteiger partial charge in [0.1, 0.15) is 23.7 Å². The van der Waals surface area contributed by atoms with E-state index in [4.69, 9.17) is 4.74 Å². The van der Waals surface area contributed by atoms with Crippen LogP contribution in [0.1, 0.15) is 0 Å². The van der Waals surface area contributed by atoms with Crippen LogP contribution in [0.25, 0.3) is 16.9 Å². The molecule has 1 aliphatic heterocycles. The van der Waals surface area contributed by atoms with Crippen LogP contribution < -0.4 is 13.8 Å². The first-order valence-corrected chi connectivity index (χ1v) is 9.78. The number of aromatic hydroxyl groups is 1. The maximum absolute atomic E-state index is 15.2. The molecule has 29 heavy (non-hydrogen) atoms. The van der Waals surface area contributed by atoms with Crippen LogP contribution in [0, 0.1) is 5.82 Å². The lowest BCUT2D eigenvalue weighted by atomic mass is 10.1. The van der Waals surface area contributed by atoms with Gasteiger partial charge in [0, 0.05) is 17.8 Å². The van der Waals surface area contributed by atoms with Crippen molar-refractivity contribution in [3.05, 3.63) is 54.7 Å². The lowest BCUT2D eigenvalue weighted by molar-refractivity contribution is -0.117. The molecule has 9 nitrogen and oxygen atoms in total. The van der Waals surface area contributed by atoms with Gasteiger partial charge < -0.3 is 14.4 Å². The molecule has 11 heteroatoms. The fourth-order valence-corrected chi connectivity index (χ4v) is 4.17. The third kappa shape index (κ3) is 3.25. The number of rotatable bonds is 4. The van der Waals surface area contributed by atoms with Gasteiger partial charge in [-0.3, -0.25) is 4.79 Å². The van der Waals surface area contributed by atoms with Gasteiger partial charge in [-0.1, -0.05) is 6.07 Å². The maximum atomic E-state index is 15.2. The van der Waals surface area contributed by atoms with Gasteiger partial charge in [0.2, 0.25) is 0 Å². The van der Waals surface area contributed by atoms with Gasteiger partial charge in [-0.25, -0.2) is 18.4 Å². The average Bonchev–Trinajstić information content (AvgIpc) is 3.26. The first-order chi connectivity index (χ1) is 13.8. The normalized spacial score (nSPS) is 15.4. The summed E-state index contributed by atoms with van der Waals surface area (Å²) in [6, 6.07) is 9.56. The van der Waals surface area contributed by atoms with Crippen molar-refractivity contribution in [1.29, 1.82) is 0 Å². The van der Waals surface area contributed by atoms with E-state index in [1.165, 1.54) is 19.5 Å². The SMILES string of the molecule is COc1cccc(-n2cnc(-c3ccc(O)c(N4CC(=O)NS4(=O)=O)c3F)c2)c1. The molecule has 1 fully saturated rings. The van der Waals surface area contributed by atoms with Crippen molar-refractivity contribution in [3.63, 3.8) is 0 Å². The van der Waals surface area contributed by atoms with Gasteiger partial charge in [0.05, 0.1) is 24.8 Å². The number of nitrogens with one attached hydrogen (secondary N) is 1. The lowest BCUT2D eigenvalue weighted by Gasteiger charge is -2.18. The topological polar surface area (TPSA) is 114 Å². The number of hydrogen-bond donors (Lipinski definition) is 2. The van der Waals surface area contributed by atoms with Gasteiger partial charge in [-0.2, -0.15) is 8.42 Å². The molecule has 150 valence electrons. The minimum absolute atomic E-state index is 0.0333. The number of imidazole rings is 1. The van der Waals surface area contributed by atoms with E-state index in [1.807, 2.05) is 0 Å². The van der Waals surface area contributed by atoms with E-state index in [-0.39, 0.29) is 11.3 Å². The Balaban J connectivity index is 1.78. The molecule has 0 saturated carbocycles. The molecule has 2 heterocycles. The Hall–Kier alpha value is -3.60. The quantitative estimate of drug-likeness (QED) is 0.665. The monoisotopic (exact) mass is 418 g/mol. The molecule has 0 spiro atoms. The number of anilines is 1. The summed E-state index contributed by atoms with van der Waals surface area (Å²) < 4.78 is 48.4. The molecule has 2 N–H and O–H groups in total. The molecule has 4 rings (SSSR count). The van der Waals surface area contributed by atoms with E-state index in [0.717, 1.165) is 11.8 Å². The molecule has 1 aliphatic rings. The molecule has 3 aromatic rings. The van der Waals surface area contributed by atoms with Crippen LogP contribution in [0.15, 0.2) is 48.9 Å². The number of amides is 1. The molecule has 0 unspecified atom stereocenters. The predicted octanol–water partition coefficient (Wildman–Crippen LogP) is 1.57. The van der Waals surface area contributed by atoms with E-state index in [2.05, 4.69) is 4.98 Å². The van der Waals surface area contributed by atoms with Gasteiger partial charge >= 0.3 is 10.2 Å². The van der Waals surface area contributed by atoms with Crippen molar-refractivity contribution >= 4 is 21.8 Å². The minimum Gasteiger partial charge on any atom is -0.506 e. The van der Waals surface area contributed by atoms with Crippen molar-refractivity contribution < 1.29 is 27.4 Å². The number of halogens is 1. The second kappa shape index (κ2) is 6.78. The second-order valence-electron chi connectivity index (χ2n) is 6.20. The van der Waals surface area contributed by atoms with Crippen molar-refractivity contribution in [2.75, 3.05) is 18.0 Å². The molecule has 1 aromatic heterocycles. The standard InChI is InChI=1S/C18H15FN4O5S/c1-28-12-4-2-3-11(7-12)22-8-14(20-10-22)13-5-6-15(24)18(17(13)19)23-9-16(25)21-29(23,26)27/h2-8,10,24H,9H2,1H3,(H,21,25). The Morgan fingerprint density at radius 2 is 2.07 bits per heavy atom. The van der Waals surface area contributed by atoms with E-state index in [1.54, 1.807) is 39.8 Å². The highest BCUT2D eigenvalue weighted by Crippen LogP contribution is 2.38. The number of ether oxygens (including phenoxy) is 1. The Kier molecular flexibility index (Phi) is 4.38. The number of methoxy groups -OCH3 is 1. The summed E-state index contributed by atoms with van der Waals surface area (Å²) in [5.74, 6) is -1.82. The van der Waals surface area contributed by atoms with Crippen LogP contribution in [0.2, 0.25) is 0 Å². The number of aromatic nitrogens is 2. The zero-order valence-electron chi connectivity index (χ0n) is 15.0. The van der Waals surface area contributed by atoms with Crippen molar-refractivity contribution in [2.45, 2.75) is 0 Å². The Morgan fingerprint density at radius 1 is 1.28 bits per heavy atom. The molecular formula is C18H15FN4O5S. The lowest BCUT2D eigenvalue weighted by Crippen LogP contribution is -2.30. The van der Waals surface area contributed by atoms with E-state index >= 15 is 4.39 Å². The van der Waals surface area contributed by atoms with E-state index in [9.17, 15) is 18.3 Å². The summed E-state index contributed by atoms with van der Waals surface area (Å²) in [5, 5.41) is 10.1. The number of hydrogen-bond acceptors (Lipinski definition) is 6. The average molecular weight is 418 g/mol. The van der Waals surface area contributed by atoms with Crippen LogP contribution >= 0.6 is 0 Å². The van der Waals surface area contributed by atoms with Crippen LogP contribution in [0.3, 0.4) is 0 Å². The van der Waals surface area contributed by atoms with E-state index in [0.29, 0.717) is 10.1 Å². The molecule has 0 bridgehead atoms. The molecular weight excluding hydrogens is 403 g/mol. The zero-order chi connectivity index (χ0) is 20.8. The summed E-state index contributed by atoms with van der Waals surface area (Å²) in [5.41, 5.74) is 0.285. The largest absolute Gasteiger partial charge is 0.506 e. The molecule has 0 atom stereocenters. The van der Waals surface area contributed by atoms with Crippen molar-refractivity contribution in [3.8, 4) is 28.4 Å². The van der Waals surface area contributed by atoms with Gasteiger partial charge in [-0.15, -0.1) is 0 Å². The number of carbonyl (C=O) groups excluding carboxylic acids is 1. The molecule has 1 amide bonds. The first kappa shape index (κ1) is 18.7. The number of benzene rings is 2. The summed E-state index contributed by atoms with van der Waals surface area (Å²) in [7, 11) is -2.74. The van der Waals surface area contributed by atoms with Crippen molar-refractivity contribution in [2.24, 2.45) is 0 Å². The van der Waals surface area contributed by atoms with E-state index < -0.39 is 39.9 Å². The molecule has 0 aliphatic carbocycles. The summed E-state index contributed by atoms with van der Waals surface area (Å²) >= 11 is 0. The number of carbonyl (C=O) groups is 1. The van der Waals surface area contributed by atoms with Crippen LogP contribution in [0.5, 0.6) is 11.5 Å². The summed E-state index contributed by atoms with van der Waals surface area (Å²) in [4.78, 5) is 15.6. The second-order valence-corrected chi connectivity index (χ2v) is 7.79. The molecule has 1 saturated heterocycles. The highest BCUT2D eigenvalue weighted by Gasteiger charge is 2.38. The van der Waals surface area contributed by atoms with Crippen molar-refractivity contribution in [1.82, 2.24) is 14.3 Å². The minimum atomic E-state index is -4.28. The fraction of sp³-hybridized carbons (Fsp3) is 0.111. The maximum Gasteiger partial charge on any atom is 0.326 e. The van der Waals surface area contributed by atoms with Gasteiger partial charge in [-0.05, 0) is 24.3 Å². The Bertz CT molecular complexity index is 1220. The number of nitrogens with zero attached hydrogens (tertiary/aromatic N) is 3. The Morgan fingerprint density at radius 3 is 2.76 bits per heavy atom. The predicted molar refractivity (Wildman–Crippen MR) is 102 cm³/mol. The van der Waals surface area contributed by atoms with Gasteiger partial charge in [0.15, 0.2) is 5.82 Å². The highest BCUT2D eigenvalue weighted by molar-refractivity contribution is 7.92. The zero-order valence-corrected chi connectivity index (χ0v) is 15.9. The van der Waals surface area contributed by atoms with Crippen LogP contribution in [-0.4, -0.2) is 42.6 Å². The van der Waals surface area contributed by atoms with Gasteiger partial charge in [0.25, 0.3) is 5.91 Å². The smallest absolute Gasteiger partial charge is 0.326 e. The number of phenols is 1. The van der Waals surface area contributed by atoms with Crippen LogP contribution in [0.4, 0.5) is 10.1 Å². The summed E-state index contributed by atoms with van der Waals surface area (Å²) in [6.45, 7) is -0.630.